The topological polar surface area (TPSA) is 43.8 Å². The fourth-order valence-electron chi connectivity index (χ4n) is 2.88. The Morgan fingerprint density at radius 3 is 2.39 bits per heavy atom. The van der Waals surface area contributed by atoms with Gasteiger partial charge in [0.1, 0.15) is 23.4 Å². The van der Waals surface area contributed by atoms with Crippen molar-refractivity contribution in [1.82, 2.24) is 9.96 Å². The number of carbonyl (C=O) groups excluding carboxylic acids is 1. The first-order valence-electron chi connectivity index (χ1n) is 7.26. The van der Waals surface area contributed by atoms with Crippen LogP contribution in [0.5, 0.6) is 0 Å². The first kappa shape index (κ1) is 15.6. The van der Waals surface area contributed by atoms with Crippen LogP contribution in [0.2, 0.25) is 0 Å². The fourth-order valence-corrected chi connectivity index (χ4v) is 2.88. The van der Waals surface area contributed by atoms with Crippen molar-refractivity contribution in [3.8, 4) is 0 Å². The molecule has 0 aliphatic carbocycles. The van der Waals surface area contributed by atoms with E-state index in [1.54, 1.807) is 12.1 Å². The highest BCUT2D eigenvalue weighted by Crippen LogP contribution is 2.32. The SMILES string of the molecule is Cc1ccccc1C1N(O)CCN1C(=O)c1c(F)cccc1F. The first-order chi connectivity index (χ1) is 11.0. The standard InChI is InChI=1S/C17H16F2N2O2/c1-11-5-2-3-6-12(11)16-20(9-10-21(16)23)17(22)15-13(18)7-4-8-14(15)19/h2-8,16,23H,9-10H2,1H3. The van der Waals surface area contributed by atoms with Crippen LogP contribution in [0, 0.1) is 18.6 Å². The number of amides is 1. The Morgan fingerprint density at radius 2 is 1.74 bits per heavy atom. The van der Waals surface area contributed by atoms with Crippen molar-refractivity contribution >= 4 is 5.91 Å². The molecule has 120 valence electrons. The first-order valence-corrected chi connectivity index (χ1v) is 7.26. The quantitative estimate of drug-likeness (QED) is 0.925. The third kappa shape index (κ3) is 2.71. The Bertz CT molecular complexity index is 731. The van der Waals surface area contributed by atoms with E-state index in [2.05, 4.69) is 0 Å². The van der Waals surface area contributed by atoms with Crippen molar-refractivity contribution < 1.29 is 18.8 Å². The lowest BCUT2D eigenvalue weighted by atomic mass is 10.0. The van der Waals surface area contributed by atoms with Crippen LogP contribution in [0.1, 0.15) is 27.7 Å². The molecule has 0 spiro atoms. The van der Waals surface area contributed by atoms with Crippen LogP contribution in [0.25, 0.3) is 0 Å². The minimum atomic E-state index is -0.907. The summed E-state index contributed by atoms with van der Waals surface area (Å²) in [5.74, 6) is -2.59. The largest absolute Gasteiger partial charge is 0.315 e. The average molecular weight is 318 g/mol. The summed E-state index contributed by atoms with van der Waals surface area (Å²) in [4.78, 5) is 13.9. The molecule has 1 atom stereocenters. The molecular weight excluding hydrogens is 302 g/mol. The highest BCUT2D eigenvalue weighted by molar-refractivity contribution is 5.95. The monoisotopic (exact) mass is 318 g/mol. The minimum Gasteiger partial charge on any atom is -0.315 e. The Labute approximate surface area is 132 Å². The summed E-state index contributed by atoms with van der Waals surface area (Å²) in [5, 5.41) is 11.1. The third-order valence-corrected chi connectivity index (χ3v) is 4.05. The number of benzene rings is 2. The lowest BCUT2D eigenvalue weighted by Gasteiger charge is -2.28. The normalized spacial score (nSPS) is 18.4. The highest BCUT2D eigenvalue weighted by atomic mass is 19.1. The van der Waals surface area contributed by atoms with Gasteiger partial charge in [-0.15, -0.1) is 0 Å². The molecule has 4 nitrogen and oxygen atoms in total. The smallest absolute Gasteiger partial charge is 0.261 e. The van der Waals surface area contributed by atoms with Crippen molar-refractivity contribution in [3.05, 3.63) is 70.8 Å². The maximum atomic E-state index is 13.9. The molecule has 1 heterocycles. The molecule has 1 unspecified atom stereocenters. The van der Waals surface area contributed by atoms with Gasteiger partial charge in [-0.1, -0.05) is 30.3 Å². The summed E-state index contributed by atoms with van der Waals surface area (Å²) in [6.07, 6.45) is -0.761. The van der Waals surface area contributed by atoms with Gasteiger partial charge in [0.15, 0.2) is 0 Å². The second kappa shape index (κ2) is 6.06. The number of hydrogen-bond acceptors (Lipinski definition) is 3. The van der Waals surface area contributed by atoms with Crippen LogP contribution >= 0.6 is 0 Å². The van der Waals surface area contributed by atoms with Gasteiger partial charge < -0.3 is 10.1 Å². The Kier molecular flexibility index (Phi) is 4.11. The van der Waals surface area contributed by atoms with E-state index in [0.29, 0.717) is 0 Å². The molecule has 1 aliphatic heterocycles. The lowest BCUT2D eigenvalue weighted by molar-refractivity contribution is -0.122. The molecule has 0 aromatic heterocycles. The molecule has 23 heavy (non-hydrogen) atoms. The number of nitrogens with zero attached hydrogens (tertiary/aromatic N) is 2. The molecule has 1 fully saturated rings. The van der Waals surface area contributed by atoms with E-state index in [-0.39, 0.29) is 13.1 Å². The molecule has 1 N–H and O–H groups in total. The van der Waals surface area contributed by atoms with Gasteiger partial charge in [-0.2, -0.15) is 5.06 Å². The predicted molar refractivity (Wildman–Crippen MR) is 79.8 cm³/mol. The van der Waals surface area contributed by atoms with Gasteiger partial charge in [0.2, 0.25) is 0 Å². The highest BCUT2D eigenvalue weighted by Gasteiger charge is 2.38. The van der Waals surface area contributed by atoms with Crippen molar-refractivity contribution in [2.75, 3.05) is 13.1 Å². The summed E-state index contributed by atoms with van der Waals surface area (Å²) >= 11 is 0. The second-order valence-electron chi connectivity index (χ2n) is 5.49. The van der Waals surface area contributed by atoms with E-state index in [9.17, 15) is 18.8 Å². The van der Waals surface area contributed by atoms with Gasteiger partial charge in [0.25, 0.3) is 5.91 Å². The van der Waals surface area contributed by atoms with E-state index < -0.39 is 29.3 Å². The summed E-state index contributed by atoms with van der Waals surface area (Å²) in [7, 11) is 0. The molecule has 0 saturated carbocycles. The number of aryl methyl sites for hydroxylation is 1. The van der Waals surface area contributed by atoms with Crippen LogP contribution in [-0.4, -0.2) is 34.2 Å². The van der Waals surface area contributed by atoms with Gasteiger partial charge in [-0.05, 0) is 30.2 Å². The number of halogens is 2. The molecule has 1 amide bonds. The molecule has 2 aromatic rings. The molecule has 1 saturated heterocycles. The Morgan fingerprint density at radius 1 is 1.09 bits per heavy atom. The number of rotatable bonds is 2. The van der Waals surface area contributed by atoms with Crippen LogP contribution in [0.15, 0.2) is 42.5 Å². The summed E-state index contributed by atoms with van der Waals surface area (Å²) in [6, 6.07) is 10.6. The van der Waals surface area contributed by atoms with Gasteiger partial charge in [-0.25, -0.2) is 8.78 Å². The second-order valence-corrected chi connectivity index (χ2v) is 5.49. The fraction of sp³-hybridized carbons (Fsp3) is 0.235. The number of carbonyl (C=O) groups is 1. The van der Waals surface area contributed by atoms with Crippen LogP contribution in [-0.2, 0) is 0 Å². The molecule has 0 bridgehead atoms. The van der Waals surface area contributed by atoms with Gasteiger partial charge in [-0.3, -0.25) is 4.79 Å². The maximum absolute atomic E-state index is 13.9. The zero-order chi connectivity index (χ0) is 16.6. The van der Waals surface area contributed by atoms with E-state index in [4.69, 9.17) is 0 Å². The summed E-state index contributed by atoms with van der Waals surface area (Å²) in [6.45, 7) is 2.25. The molecule has 3 rings (SSSR count). The lowest BCUT2D eigenvalue weighted by Crippen LogP contribution is -2.35. The van der Waals surface area contributed by atoms with Crippen molar-refractivity contribution in [2.24, 2.45) is 0 Å². The van der Waals surface area contributed by atoms with Crippen LogP contribution in [0.3, 0.4) is 0 Å². The van der Waals surface area contributed by atoms with E-state index in [1.165, 1.54) is 11.0 Å². The molecule has 0 radical (unpaired) electrons. The number of hydroxylamine groups is 2. The van der Waals surface area contributed by atoms with Crippen LogP contribution in [0.4, 0.5) is 8.78 Å². The Hall–Kier alpha value is -2.31. The predicted octanol–water partition coefficient (Wildman–Crippen LogP) is 3.12. The average Bonchev–Trinajstić information content (AvgIpc) is 2.89. The van der Waals surface area contributed by atoms with Gasteiger partial charge in [0, 0.05) is 13.1 Å². The Balaban J connectivity index is 2.02. The summed E-state index contributed by atoms with van der Waals surface area (Å²) in [5.41, 5.74) is 1.00. The zero-order valence-corrected chi connectivity index (χ0v) is 12.5. The zero-order valence-electron chi connectivity index (χ0n) is 12.5. The minimum absolute atomic E-state index is 0.183. The van der Waals surface area contributed by atoms with Crippen molar-refractivity contribution in [2.45, 2.75) is 13.1 Å². The van der Waals surface area contributed by atoms with Crippen LogP contribution < -0.4 is 0 Å². The molecular formula is C17H16F2N2O2. The molecule has 2 aromatic carbocycles. The summed E-state index contributed by atoms with van der Waals surface area (Å²) < 4.78 is 27.8. The van der Waals surface area contributed by atoms with E-state index >= 15 is 0 Å². The van der Waals surface area contributed by atoms with Gasteiger partial charge >= 0.3 is 0 Å². The maximum Gasteiger partial charge on any atom is 0.261 e. The molecule has 6 heteroatoms. The third-order valence-electron chi connectivity index (χ3n) is 4.05. The van der Waals surface area contributed by atoms with Gasteiger partial charge in [0.05, 0.1) is 0 Å². The van der Waals surface area contributed by atoms with Crippen molar-refractivity contribution in [3.63, 3.8) is 0 Å². The van der Waals surface area contributed by atoms with Crippen molar-refractivity contribution in [1.29, 1.82) is 0 Å². The van der Waals surface area contributed by atoms with E-state index in [0.717, 1.165) is 28.3 Å². The van der Waals surface area contributed by atoms with E-state index in [1.807, 2.05) is 19.1 Å². The number of hydrogen-bond donors (Lipinski definition) is 1. The molecule has 1 aliphatic rings.